The Kier molecular flexibility index (Phi) is 4.11. The molecule has 0 saturated carbocycles. The summed E-state index contributed by atoms with van der Waals surface area (Å²) < 4.78 is 10.5. The Morgan fingerprint density at radius 3 is 2.59 bits per heavy atom. The largest absolute Gasteiger partial charge is 0.491 e. The van der Waals surface area contributed by atoms with Crippen LogP contribution in [-0.2, 0) is 4.74 Å². The predicted molar refractivity (Wildman–Crippen MR) is 84.6 cm³/mol. The molecular formula is C16H16N4O2. The Bertz CT molecular complexity index is 775. The van der Waals surface area contributed by atoms with Gasteiger partial charge in [-0.2, -0.15) is 0 Å². The van der Waals surface area contributed by atoms with Gasteiger partial charge in [0.25, 0.3) is 0 Å². The first-order valence-corrected chi connectivity index (χ1v) is 6.88. The molecule has 3 aromatic rings. The van der Waals surface area contributed by atoms with Crippen LogP contribution in [0.5, 0.6) is 5.75 Å². The summed E-state index contributed by atoms with van der Waals surface area (Å²) in [6.45, 7) is 1.08. The van der Waals surface area contributed by atoms with Gasteiger partial charge in [-0.3, -0.25) is 4.98 Å². The average molecular weight is 296 g/mol. The van der Waals surface area contributed by atoms with Gasteiger partial charge in [0.1, 0.15) is 23.7 Å². The number of nitrogens with zero attached hydrogens (tertiary/aromatic N) is 3. The molecule has 0 aliphatic heterocycles. The number of rotatable bonds is 5. The summed E-state index contributed by atoms with van der Waals surface area (Å²) in [5, 5.41) is 0. The summed E-state index contributed by atoms with van der Waals surface area (Å²) >= 11 is 0. The lowest BCUT2D eigenvalue weighted by molar-refractivity contribution is 0.146. The number of hydrogen-bond acceptors (Lipinski definition) is 6. The monoisotopic (exact) mass is 296 g/mol. The highest BCUT2D eigenvalue weighted by Gasteiger charge is 2.05. The normalized spacial score (nSPS) is 10.8. The van der Waals surface area contributed by atoms with Crippen molar-refractivity contribution in [2.75, 3.05) is 26.1 Å². The smallest absolute Gasteiger partial charge is 0.180 e. The fourth-order valence-corrected chi connectivity index (χ4v) is 2.02. The molecule has 0 bridgehead atoms. The Morgan fingerprint density at radius 1 is 1.00 bits per heavy atom. The molecule has 0 amide bonds. The molecule has 0 fully saturated rings. The number of ether oxygens (including phenoxy) is 2. The van der Waals surface area contributed by atoms with Gasteiger partial charge in [-0.15, -0.1) is 0 Å². The van der Waals surface area contributed by atoms with Crippen LogP contribution in [0.1, 0.15) is 0 Å². The van der Waals surface area contributed by atoms with Crippen LogP contribution in [0.25, 0.3) is 22.4 Å². The standard InChI is InChI=1S/C16H16N4O2/c1-21-8-9-22-12-4-2-11(3-5-12)14-10-18-13-6-7-15(17)20-16(13)19-14/h2-7,10H,8-9H2,1H3,(H2,17,19,20). The van der Waals surface area contributed by atoms with Crippen LogP contribution in [0.15, 0.2) is 42.6 Å². The molecule has 0 spiro atoms. The van der Waals surface area contributed by atoms with Crippen molar-refractivity contribution in [1.29, 1.82) is 0 Å². The number of methoxy groups -OCH3 is 1. The quantitative estimate of drug-likeness (QED) is 0.727. The first-order valence-electron chi connectivity index (χ1n) is 6.88. The topological polar surface area (TPSA) is 83.2 Å². The molecule has 0 saturated heterocycles. The molecule has 2 N–H and O–H groups in total. The van der Waals surface area contributed by atoms with Crippen molar-refractivity contribution < 1.29 is 9.47 Å². The van der Waals surface area contributed by atoms with Crippen molar-refractivity contribution in [2.24, 2.45) is 0 Å². The minimum atomic E-state index is 0.431. The fourth-order valence-electron chi connectivity index (χ4n) is 2.02. The van der Waals surface area contributed by atoms with Gasteiger partial charge in [0, 0.05) is 12.7 Å². The van der Waals surface area contributed by atoms with Gasteiger partial charge < -0.3 is 15.2 Å². The van der Waals surface area contributed by atoms with E-state index in [1.54, 1.807) is 25.4 Å². The van der Waals surface area contributed by atoms with E-state index in [-0.39, 0.29) is 0 Å². The van der Waals surface area contributed by atoms with E-state index in [1.165, 1.54) is 0 Å². The summed E-state index contributed by atoms with van der Waals surface area (Å²) in [5.41, 5.74) is 8.63. The summed E-state index contributed by atoms with van der Waals surface area (Å²) in [6, 6.07) is 11.2. The van der Waals surface area contributed by atoms with E-state index >= 15 is 0 Å². The second-order valence-electron chi connectivity index (χ2n) is 4.70. The third-order valence-corrected chi connectivity index (χ3v) is 3.13. The number of anilines is 1. The second kappa shape index (κ2) is 6.36. The number of fused-ring (bicyclic) bond motifs is 1. The highest BCUT2D eigenvalue weighted by atomic mass is 16.5. The number of pyridine rings is 1. The maximum absolute atomic E-state index is 5.68. The molecule has 112 valence electrons. The zero-order valence-electron chi connectivity index (χ0n) is 12.2. The summed E-state index contributed by atoms with van der Waals surface area (Å²) in [5.74, 6) is 1.22. The minimum absolute atomic E-state index is 0.431. The Labute approximate surface area is 127 Å². The Morgan fingerprint density at radius 2 is 1.82 bits per heavy atom. The fraction of sp³-hybridized carbons (Fsp3) is 0.188. The van der Waals surface area contributed by atoms with Crippen molar-refractivity contribution in [3.63, 3.8) is 0 Å². The van der Waals surface area contributed by atoms with Crippen molar-refractivity contribution in [3.05, 3.63) is 42.6 Å². The maximum Gasteiger partial charge on any atom is 0.180 e. The second-order valence-corrected chi connectivity index (χ2v) is 4.70. The summed E-state index contributed by atoms with van der Waals surface area (Å²) in [6.07, 6.45) is 1.72. The van der Waals surface area contributed by atoms with Crippen molar-refractivity contribution in [2.45, 2.75) is 0 Å². The number of aromatic nitrogens is 3. The molecule has 2 heterocycles. The van der Waals surface area contributed by atoms with Crippen LogP contribution in [0.3, 0.4) is 0 Å². The first-order chi connectivity index (χ1) is 10.8. The molecule has 6 nitrogen and oxygen atoms in total. The molecule has 22 heavy (non-hydrogen) atoms. The third kappa shape index (κ3) is 3.12. The number of hydrogen-bond donors (Lipinski definition) is 1. The lowest BCUT2D eigenvalue weighted by Crippen LogP contribution is -2.03. The van der Waals surface area contributed by atoms with Gasteiger partial charge >= 0.3 is 0 Å². The summed E-state index contributed by atoms with van der Waals surface area (Å²) in [4.78, 5) is 13.0. The van der Waals surface area contributed by atoms with Crippen molar-refractivity contribution >= 4 is 17.0 Å². The number of nitrogen functional groups attached to an aromatic ring is 1. The van der Waals surface area contributed by atoms with Crippen molar-refractivity contribution in [3.8, 4) is 17.0 Å². The molecule has 3 rings (SSSR count). The molecular weight excluding hydrogens is 280 g/mol. The van der Waals surface area contributed by atoms with Crippen LogP contribution in [0.2, 0.25) is 0 Å². The van der Waals surface area contributed by atoms with Gasteiger partial charge in [0.05, 0.1) is 18.5 Å². The zero-order chi connectivity index (χ0) is 15.4. The van der Waals surface area contributed by atoms with E-state index in [1.807, 2.05) is 24.3 Å². The molecule has 2 aromatic heterocycles. The molecule has 0 aliphatic rings. The Balaban J connectivity index is 1.84. The lowest BCUT2D eigenvalue weighted by atomic mass is 10.1. The van der Waals surface area contributed by atoms with E-state index in [0.29, 0.717) is 24.7 Å². The zero-order valence-corrected chi connectivity index (χ0v) is 12.2. The van der Waals surface area contributed by atoms with Crippen LogP contribution in [0.4, 0.5) is 5.82 Å². The van der Waals surface area contributed by atoms with Crippen LogP contribution < -0.4 is 10.5 Å². The van der Waals surface area contributed by atoms with Gasteiger partial charge in [-0.1, -0.05) is 0 Å². The molecule has 0 unspecified atom stereocenters. The van der Waals surface area contributed by atoms with E-state index < -0.39 is 0 Å². The van der Waals surface area contributed by atoms with Crippen LogP contribution in [0, 0.1) is 0 Å². The highest BCUT2D eigenvalue weighted by molar-refractivity contribution is 5.74. The highest BCUT2D eigenvalue weighted by Crippen LogP contribution is 2.21. The predicted octanol–water partition coefficient (Wildman–Crippen LogP) is 2.30. The van der Waals surface area contributed by atoms with Gasteiger partial charge in [0.15, 0.2) is 5.65 Å². The van der Waals surface area contributed by atoms with E-state index in [2.05, 4.69) is 15.0 Å². The van der Waals surface area contributed by atoms with E-state index in [9.17, 15) is 0 Å². The van der Waals surface area contributed by atoms with Crippen LogP contribution >= 0.6 is 0 Å². The summed E-state index contributed by atoms with van der Waals surface area (Å²) in [7, 11) is 1.64. The SMILES string of the molecule is COCCOc1ccc(-c2cnc3ccc(N)nc3n2)cc1. The molecule has 0 atom stereocenters. The lowest BCUT2D eigenvalue weighted by Gasteiger charge is -2.07. The first kappa shape index (κ1) is 14.2. The van der Waals surface area contributed by atoms with Crippen LogP contribution in [-0.4, -0.2) is 35.3 Å². The number of benzene rings is 1. The van der Waals surface area contributed by atoms with Gasteiger partial charge in [0.2, 0.25) is 0 Å². The van der Waals surface area contributed by atoms with E-state index in [4.69, 9.17) is 15.2 Å². The van der Waals surface area contributed by atoms with E-state index in [0.717, 1.165) is 22.5 Å². The number of nitrogens with two attached hydrogens (primary N) is 1. The average Bonchev–Trinajstić information content (AvgIpc) is 2.55. The third-order valence-electron chi connectivity index (χ3n) is 3.13. The molecule has 0 aliphatic carbocycles. The Hall–Kier alpha value is -2.73. The van der Waals surface area contributed by atoms with Gasteiger partial charge in [-0.25, -0.2) is 9.97 Å². The molecule has 0 radical (unpaired) electrons. The maximum atomic E-state index is 5.68. The molecule has 6 heteroatoms. The van der Waals surface area contributed by atoms with Crippen molar-refractivity contribution in [1.82, 2.24) is 15.0 Å². The molecule has 1 aromatic carbocycles. The minimum Gasteiger partial charge on any atom is -0.491 e. The van der Waals surface area contributed by atoms with Gasteiger partial charge in [-0.05, 0) is 36.4 Å².